The molecule has 0 saturated heterocycles. The van der Waals surface area contributed by atoms with Crippen molar-refractivity contribution in [2.24, 2.45) is 10.9 Å². The first kappa shape index (κ1) is 19.0. The van der Waals surface area contributed by atoms with Crippen LogP contribution in [-0.4, -0.2) is 25.1 Å². The van der Waals surface area contributed by atoms with E-state index >= 15 is 0 Å². The molecule has 1 aliphatic rings. The molecule has 0 atom stereocenters. The van der Waals surface area contributed by atoms with Crippen molar-refractivity contribution in [3.05, 3.63) is 35.7 Å². The molecule has 5 nitrogen and oxygen atoms in total. The van der Waals surface area contributed by atoms with Gasteiger partial charge >= 0.3 is 0 Å². The second kappa shape index (κ2) is 7.88. The molecule has 0 N–H and O–H groups in total. The van der Waals surface area contributed by atoms with Crippen LogP contribution in [0.1, 0.15) is 38.5 Å². The van der Waals surface area contributed by atoms with Crippen LogP contribution in [0, 0.1) is 5.92 Å². The number of nitrogens with zero attached hydrogens (tertiary/aromatic N) is 2. The Balaban J connectivity index is 1.98. The van der Waals surface area contributed by atoms with Crippen molar-refractivity contribution in [2.45, 2.75) is 50.0 Å². The van der Waals surface area contributed by atoms with Gasteiger partial charge in [0, 0.05) is 19.2 Å². The molecule has 7 heteroatoms. The number of amides is 1. The van der Waals surface area contributed by atoms with Crippen LogP contribution < -0.4 is 4.80 Å². The molecule has 0 spiro atoms. The first-order chi connectivity index (χ1) is 12.4. The molecule has 26 heavy (non-hydrogen) atoms. The van der Waals surface area contributed by atoms with Crippen molar-refractivity contribution in [1.29, 1.82) is 0 Å². The number of benzene rings is 1. The Morgan fingerprint density at radius 1 is 1.35 bits per heavy atom. The molecule has 0 bridgehead atoms. The van der Waals surface area contributed by atoms with E-state index in [4.69, 9.17) is 0 Å². The third-order valence-corrected chi connectivity index (χ3v) is 6.95. The van der Waals surface area contributed by atoms with Crippen molar-refractivity contribution < 1.29 is 13.2 Å². The molecule has 0 radical (unpaired) electrons. The van der Waals surface area contributed by atoms with Gasteiger partial charge in [0.2, 0.25) is 5.91 Å². The Bertz CT molecular complexity index is 993. The predicted octanol–water partition coefficient (Wildman–Crippen LogP) is 3.69. The summed E-state index contributed by atoms with van der Waals surface area (Å²) in [5.41, 5.74) is 0.867. The number of hydrogen-bond acceptors (Lipinski definition) is 4. The van der Waals surface area contributed by atoms with Gasteiger partial charge in [-0.25, -0.2) is 8.42 Å². The average Bonchev–Trinajstić information content (AvgIpc) is 2.92. The lowest BCUT2D eigenvalue weighted by atomic mass is 9.87. The van der Waals surface area contributed by atoms with Crippen LogP contribution in [0.3, 0.4) is 0 Å². The second-order valence-corrected chi connectivity index (χ2v) is 9.92. The zero-order valence-corrected chi connectivity index (χ0v) is 16.6. The number of sulfone groups is 1. The quantitative estimate of drug-likeness (QED) is 0.729. The second-order valence-electron chi connectivity index (χ2n) is 6.90. The molecule has 1 amide bonds. The third-order valence-electron chi connectivity index (χ3n) is 4.80. The standard InChI is InChI=1S/C19H24N2O3S2/c1-3-11-21-16-10-9-15(26(2,23)24)13-17(16)25-19(21)20-18(22)12-14-7-5-4-6-8-14/h3,9-10,13-14H,1,4-8,11-12H2,2H3. The number of thiazole rings is 1. The lowest BCUT2D eigenvalue weighted by Gasteiger charge is -2.19. The van der Waals surface area contributed by atoms with E-state index in [1.165, 1.54) is 36.9 Å². The third kappa shape index (κ3) is 4.32. The van der Waals surface area contributed by atoms with E-state index in [9.17, 15) is 13.2 Å². The number of aromatic nitrogens is 1. The largest absolute Gasteiger partial charge is 0.313 e. The van der Waals surface area contributed by atoms with Gasteiger partial charge < -0.3 is 4.57 Å². The van der Waals surface area contributed by atoms with Crippen LogP contribution in [-0.2, 0) is 21.2 Å². The number of hydrogen-bond donors (Lipinski definition) is 0. The maximum atomic E-state index is 12.4. The summed E-state index contributed by atoms with van der Waals surface area (Å²) in [4.78, 5) is 17.7. The van der Waals surface area contributed by atoms with Gasteiger partial charge in [-0.15, -0.1) is 6.58 Å². The molecule has 1 aliphatic carbocycles. The topological polar surface area (TPSA) is 68.5 Å². The van der Waals surface area contributed by atoms with E-state index in [1.54, 1.807) is 24.3 Å². The SMILES string of the molecule is C=CCn1c(=NC(=O)CC2CCCCC2)sc2cc(S(C)(=O)=O)ccc21. The normalized spacial score (nSPS) is 16.9. The first-order valence-corrected chi connectivity index (χ1v) is 11.6. The number of fused-ring (bicyclic) bond motifs is 1. The zero-order valence-electron chi connectivity index (χ0n) is 15.0. The molecule has 1 heterocycles. The monoisotopic (exact) mass is 392 g/mol. The van der Waals surface area contributed by atoms with Crippen LogP contribution in [0.2, 0.25) is 0 Å². The predicted molar refractivity (Wildman–Crippen MR) is 105 cm³/mol. The van der Waals surface area contributed by atoms with E-state index < -0.39 is 9.84 Å². The molecule has 0 aliphatic heterocycles. The van der Waals surface area contributed by atoms with Gasteiger partial charge in [-0.05, 0) is 37.0 Å². The van der Waals surface area contributed by atoms with Crippen LogP contribution in [0.5, 0.6) is 0 Å². The summed E-state index contributed by atoms with van der Waals surface area (Å²) < 4.78 is 26.3. The van der Waals surface area contributed by atoms with Crippen molar-refractivity contribution in [1.82, 2.24) is 4.57 Å². The minimum atomic E-state index is -3.27. The van der Waals surface area contributed by atoms with Crippen molar-refractivity contribution in [3.63, 3.8) is 0 Å². The molecule has 1 saturated carbocycles. The number of allylic oxidation sites excluding steroid dienone is 1. The summed E-state index contributed by atoms with van der Waals surface area (Å²) >= 11 is 1.35. The lowest BCUT2D eigenvalue weighted by molar-refractivity contribution is -0.119. The van der Waals surface area contributed by atoms with Crippen LogP contribution in [0.25, 0.3) is 10.2 Å². The smallest absolute Gasteiger partial charge is 0.248 e. The fourth-order valence-corrected chi connectivity index (χ4v) is 5.28. The Labute approximate surface area is 158 Å². The summed E-state index contributed by atoms with van der Waals surface area (Å²) in [6.07, 6.45) is 9.32. The molecule has 1 aromatic carbocycles. The molecule has 1 aromatic heterocycles. The van der Waals surface area contributed by atoms with Gasteiger partial charge in [-0.2, -0.15) is 4.99 Å². The van der Waals surface area contributed by atoms with Gasteiger partial charge in [0.1, 0.15) is 0 Å². The first-order valence-electron chi connectivity index (χ1n) is 8.90. The van der Waals surface area contributed by atoms with E-state index in [0.29, 0.717) is 23.7 Å². The van der Waals surface area contributed by atoms with Gasteiger partial charge in [-0.1, -0.05) is 36.7 Å². The highest BCUT2D eigenvalue weighted by atomic mass is 32.2. The average molecular weight is 393 g/mol. The molecule has 3 rings (SSSR count). The molecule has 2 aromatic rings. The summed E-state index contributed by atoms with van der Waals surface area (Å²) in [6, 6.07) is 5.02. The number of carbonyl (C=O) groups excluding carboxylic acids is 1. The molecule has 140 valence electrons. The van der Waals surface area contributed by atoms with Crippen LogP contribution in [0.4, 0.5) is 0 Å². The molecule has 1 fully saturated rings. The Morgan fingerprint density at radius 3 is 2.73 bits per heavy atom. The van der Waals surface area contributed by atoms with Crippen molar-refractivity contribution >= 4 is 37.3 Å². The van der Waals surface area contributed by atoms with Crippen LogP contribution in [0.15, 0.2) is 40.7 Å². The molecular weight excluding hydrogens is 368 g/mol. The zero-order chi connectivity index (χ0) is 18.7. The van der Waals surface area contributed by atoms with E-state index in [2.05, 4.69) is 11.6 Å². The van der Waals surface area contributed by atoms with E-state index in [0.717, 1.165) is 23.1 Å². The van der Waals surface area contributed by atoms with Crippen molar-refractivity contribution in [2.75, 3.05) is 6.26 Å². The molecule has 0 unspecified atom stereocenters. The highest BCUT2D eigenvalue weighted by Gasteiger charge is 2.17. The fourth-order valence-electron chi connectivity index (χ4n) is 3.47. The summed E-state index contributed by atoms with van der Waals surface area (Å²) in [5, 5.41) is 0. The lowest BCUT2D eigenvalue weighted by Crippen LogP contribution is -2.18. The van der Waals surface area contributed by atoms with E-state index in [-0.39, 0.29) is 10.8 Å². The summed E-state index contributed by atoms with van der Waals surface area (Å²) in [7, 11) is -3.27. The van der Waals surface area contributed by atoms with Crippen molar-refractivity contribution in [3.8, 4) is 0 Å². The fraction of sp³-hybridized carbons (Fsp3) is 0.474. The highest BCUT2D eigenvalue weighted by molar-refractivity contribution is 7.90. The van der Waals surface area contributed by atoms with Gasteiger partial charge in [0.15, 0.2) is 14.6 Å². The summed E-state index contributed by atoms with van der Waals surface area (Å²) in [6.45, 7) is 4.30. The highest BCUT2D eigenvalue weighted by Crippen LogP contribution is 2.26. The number of carbonyl (C=O) groups is 1. The minimum absolute atomic E-state index is 0.0930. The van der Waals surface area contributed by atoms with E-state index in [1.807, 2.05) is 4.57 Å². The maximum Gasteiger partial charge on any atom is 0.248 e. The van der Waals surface area contributed by atoms with Gasteiger partial charge in [0.05, 0.1) is 15.1 Å². The Kier molecular flexibility index (Phi) is 5.77. The van der Waals surface area contributed by atoms with Crippen LogP contribution >= 0.6 is 11.3 Å². The number of rotatable bonds is 5. The maximum absolute atomic E-state index is 12.4. The Morgan fingerprint density at radius 2 is 2.08 bits per heavy atom. The Hall–Kier alpha value is -1.73. The van der Waals surface area contributed by atoms with Gasteiger partial charge in [-0.3, -0.25) is 4.79 Å². The van der Waals surface area contributed by atoms with Gasteiger partial charge in [0.25, 0.3) is 0 Å². The molecular formula is C19H24N2O3S2. The summed E-state index contributed by atoms with van der Waals surface area (Å²) in [5.74, 6) is 0.351. The minimum Gasteiger partial charge on any atom is -0.313 e.